The molecule has 1 amide bonds. The van der Waals surface area contributed by atoms with Crippen molar-refractivity contribution >= 4 is 39.2 Å². The van der Waals surface area contributed by atoms with Crippen LogP contribution in [-0.2, 0) is 17.6 Å². The van der Waals surface area contributed by atoms with Crippen LogP contribution in [-0.4, -0.2) is 39.6 Å². The number of aromatic nitrogens is 2. The van der Waals surface area contributed by atoms with Crippen molar-refractivity contribution in [3.63, 3.8) is 0 Å². The van der Waals surface area contributed by atoms with Gasteiger partial charge in [-0.25, -0.2) is 9.97 Å². The minimum Gasteiger partial charge on any atom is -0.342 e. The number of nitrogens with zero attached hydrogens (tertiary/aromatic N) is 3. The quantitative estimate of drug-likeness (QED) is 0.413. The highest BCUT2D eigenvalue weighted by molar-refractivity contribution is 8.00. The van der Waals surface area contributed by atoms with E-state index in [0.29, 0.717) is 17.1 Å². The Kier molecular flexibility index (Phi) is 5.83. The zero-order valence-electron chi connectivity index (χ0n) is 19.4. The van der Waals surface area contributed by atoms with E-state index < -0.39 is 0 Å². The van der Waals surface area contributed by atoms with Gasteiger partial charge in [0.2, 0.25) is 5.91 Å². The van der Waals surface area contributed by atoms with Crippen molar-refractivity contribution in [2.75, 3.05) is 18.8 Å². The van der Waals surface area contributed by atoms with E-state index in [2.05, 4.69) is 32.6 Å². The molecule has 3 heterocycles. The van der Waals surface area contributed by atoms with Gasteiger partial charge in [0, 0.05) is 29.3 Å². The molecule has 4 nitrogen and oxygen atoms in total. The number of fused-ring (bicyclic) bond motifs is 3. The molecule has 1 saturated heterocycles. The fraction of sp³-hybridized carbons (Fsp3) is 0.720. The summed E-state index contributed by atoms with van der Waals surface area (Å²) in [5, 5.41) is 2.33. The molecule has 1 atom stereocenters. The highest BCUT2D eigenvalue weighted by atomic mass is 32.2. The summed E-state index contributed by atoms with van der Waals surface area (Å²) in [6.45, 7) is 11.2. The van der Waals surface area contributed by atoms with Gasteiger partial charge in [0.1, 0.15) is 15.7 Å². The molecular weight excluding hydrogens is 422 g/mol. The summed E-state index contributed by atoms with van der Waals surface area (Å²) in [7, 11) is 0. The number of hydrogen-bond donors (Lipinski definition) is 0. The average molecular weight is 458 g/mol. The molecular formula is C25H35N3OS2. The lowest BCUT2D eigenvalue weighted by Crippen LogP contribution is -2.38. The Bertz CT molecular complexity index is 981. The summed E-state index contributed by atoms with van der Waals surface area (Å²) in [4.78, 5) is 27.7. The maximum Gasteiger partial charge on any atom is 0.232 e. The monoisotopic (exact) mass is 457 g/mol. The number of carbonyl (C=O) groups is 1. The second-order valence-corrected chi connectivity index (χ2v) is 13.1. The molecule has 0 aromatic carbocycles. The number of aryl methyl sites for hydroxylation is 1. The molecule has 2 fully saturated rings. The number of likely N-dealkylation sites (tertiary alicyclic amines) is 1. The zero-order valence-corrected chi connectivity index (χ0v) is 21.0. The highest BCUT2D eigenvalue weighted by Crippen LogP contribution is 2.46. The average Bonchev–Trinajstić information content (AvgIpc) is 3.51. The van der Waals surface area contributed by atoms with E-state index >= 15 is 0 Å². The smallest absolute Gasteiger partial charge is 0.232 e. The molecule has 3 aliphatic rings. The van der Waals surface area contributed by atoms with Crippen molar-refractivity contribution in [3.8, 4) is 0 Å². The van der Waals surface area contributed by atoms with Crippen molar-refractivity contribution in [1.29, 1.82) is 0 Å². The van der Waals surface area contributed by atoms with Gasteiger partial charge in [0.05, 0.1) is 5.75 Å². The number of thioether (sulfide) groups is 1. The third-order valence-corrected chi connectivity index (χ3v) is 9.64. The lowest BCUT2D eigenvalue weighted by atomic mass is 9.72. The molecule has 0 bridgehead atoms. The molecule has 168 valence electrons. The van der Waals surface area contributed by atoms with E-state index in [9.17, 15) is 4.79 Å². The molecule has 1 saturated carbocycles. The lowest BCUT2D eigenvalue weighted by Gasteiger charge is -2.33. The van der Waals surface area contributed by atoms with Crippen LogP contribution in [0.25, 0.3) is 10.2 Å². The fourth-order valence-corrected chi connectivity index (χ4v) is 7.34. The van der Waals surface area contributed by atoms with Crippen LogP contribution in [0.3, 0.4) is 0 Å². The van der Waals surface area contributed by atoms with Crippen LogP contribution in [0.1, 0.15) is 82.0 Å². The van der Waals surface area contributed by atoms with Gasteiger partial charge in [-0.05, 0) is 67.8 Å². The number of thiophene rings is 1. The molecule has 5 rings (SSSR count). The molecule has 2 aromatic rings. The van der Waals surface area contributed by atoms with E-state index in [1.807, 2.05) is 11.3 Å². The predicted octanol–water partition coefficient (Wildman–Crippen LogP) is 6.07. The molecule has 2 aromatic heterocycles. The van der Waals surface area contributed by atoms with Gasteiger partial charge in [0.15, 0.2) is 0 Å². The summed E-state index contributed by atoms with van der Waals surface area (Å²) >= 11 is 3.56. The summed E-state index contributed by atoms with van der Waals surface area (Å²) in [5.41, 5.74) is 1.82. The maximum atomic E-state index is 12.9. The first-order valence-corrected chi connectivity index (χ1v) is 13.8. The van der Waals surface area contributed by atoms with Gasteiger partial charge in [-0.2, -0.15) is 0 Å². The second kappa shape index (κ2) is 8.33. The Morgan fingerprint density at radius 2 is 1.87 bits per heavy atom. The molecule has 0 unspecified atom stereocenters. The Labute approximate surface area is 194 Å². The molecule has 6 heteroatoms. The van der Waals surface area contributed by atoms with Crippen LogP contribution in [0.5, 0.6) is 0 Å². The molecule has 2 aliphatic carbocycles. The van der Waals surface area contributed by atoms with Gasteiger partial charge in [-0.15, -0.1) is 11.3 Å². The van der Waals surface area contributed by atoms with Crippen LogP contribution in [0.4, 0.5) is 0 Å². The maximum absolute atomic E-state index is 12.9. The van der Waals surface area contributed by atoms with Crippen molar-refractivity contribution in [2.45, 2.75) is 83.6 Å². The second-order valence-electron chi connectivity index (χ2n) is 11.0. The lowest BCUT2D eigenvalue weighted by molar-refractivity contribution is -0.129. The molecule has 0 spiro atoms. The van der Waals surface area contributed by atoms with Gasteiger partial charge in [-0.1, -0.05) is 39.5 Å². The van der Waals surface area contributed by atoms with Crippen molar-refractivity contribution < 1.29 is 4.79 Å². The van der Waals surface area contributed by atoms with E-state index in [4.69, 9.17) is 9.97 Å². The Morgan fingerprint density at radius 1 is 1.13 bits per heavy atom. The Morgan fingerprint density at radius 3 is 2.55 bits per heavy atom. The van der Waals surface area contributed by atoms with Crippen molar-refractivity contribution in [2.24, 2.45) is 17.3 Å². The van der Waals surface area contributed by atoms with Gasteiger partial charge in [0.25, 0.3) is 0 Å². The van der Waals surface area contributed by atoms with E-state index in [0.717, 1.165) is 61.5 Å². The number of amides is 1. The number of carbonyl (C=O) groups excluding carboxylic acids is 1. The van der Waals surface area contributed by atoms with Gasteiger partial charge in [-0.3, -0.25) is 4.79 Å². The Hall–Kier alpha value is -1.14. The summed E-state index contributed by atoms with van der Waals surface area (Å²) < 4.78 is 0. The highest BCUT2D eigenvalue weighted by Gasteiger charge is 2.34. The molecule has 0 radical (unpaired) electrons. The first-order chi connectivity index (χ1) is 14.8. The first-order valence-electron chi connectivity index (χ1n) is 12.0. The first kappa shape index (κ1) is 21.7. The van der Waals surface area contributed by atoms with E-state index in [-0.39, 0.29) is 5.91 Å². The van der Waals surface area contributed by atoms with Crippen LogP contribution in [0.2, 0.25) is 0 Å². The summed E-state index contributed by atoms with van der Waals surface area (Å²) in [6, 6.07) is 0. The zero-order chi connectivity index (χ0) is 21.8. The van der Waals surface area contributed by atoms with E-state index in [1.165, 1.54) is 39.9 Å². The molecule has 31 heavy (non-hydrogen) atoms. The normalized spacial score (nSPS) is 22.7. The van der Waals surface area contributed by atoms with Crippen LogP contribution in [0.15, 0.2) is 5.03 Å². The topological polar surface area (TPSA) is 46.1 Å². The molecule has 0 N–H and O–H groups in total. The minimum atomic E-state index is 0.272. The van der Waals surface area contributed by atoms with Crippen LogP contribution >= 0.6 is 23.1 Å². The fourth-order valence-electron chi connectivity index (χ4n) is 5.01. The van der Waals surface area contributed by atoms with Crippen LogP contribution in [0, 0.1) is 17.3 Å². The summed E-state index contributed by atoms with van der Waals surface area (Å²) in [5.74, 6) is 3.79. The van der Waals surface area contributed by atoms with Gasteiger partial charge >= 0.3 is 0 Å². The third-order valence-electron chi connectivity index (χ3n) is 7.53. The predicted molar refractivity (Wildman–Crippen MR) is 130 cm³/mol. The SMILES string of the molecule is CC1CCN(C(=O)CSc2nc(C3CC3)nc3sc4c(c23)CC[C@@H](C(C)(C)C)C4)CC1. The Balaban J connectivity index is 1.41. The standard InChI is InChI=1S/C25H35N3OS2/c1-15-9-11-28(12-10-15)20(29)14-30-23-21-18-8-7-17(25(2,3)4)13-19(18)31-24(21)27-22(26-23)16-5-6-16/h15-17H,5-14H2,1-4H3/t17-/m1/s1. The minimum absolute atomic E-state index is 0.272. The van der Waals surface area contributed by atoms with Crippen molar-refractivity contribution in [1.82, 2.24) is 14.9 Å². The number of piperidine rings is 1. The number of hydrogen-bond acceptors (Lipinski definition) is 5. The third kappa shape index (κ3) is 4.52. The van der Waals surface area contributed by atoms with Crippen LogP contribution < -0.4 is 0 Å². The number of rotatable bonds is 4. The summed E-state index contributed by atoms with van der Waals surface area (Å²) in [6.07, 6.45) is 8.19. The van der Waals surface area contributed by atoms with Gasteiger partial charge < -0.3 is 4.90 Å². The van der Waals surface area contributed by atoms with Crippen molar-refractivity contribution in [3.05, 3.63) is 16.3 Å². The van der Waals surface area contributed by atoms with E-state index in [1.54, 1.807) is 11.8 Å². The largest absolute Gasteiger partial charge is 0.342 e. The molecule has 1 aliphatic heterocycles.